The van der Waals surface area contributed by atoms with Crippen LogP contribution in [-0.2, 0) is 9.53 Å². The van der Waals surface area contributed by atoms with Gasteiger partial charge in [0.1, 0.15) is 12.6 Å². The Hall–Kier alpha value is -2.44. The van der Waals surface area contributed by atoms with Crippen molar-refractivity contribution in [1.82, 2.24) is 4.90 Å². The van der Waals surface area contributed by atoms with Gasteiger partial charge in [-0.15, -0.1) is 0 Å². The molecule has 2 rings (SSSR count). The van der Waals surface area contributed by atoms with Crippen LogP contribution in [0.25, 0.3) is 0 Å². The highest BCUT2D eigenvalue weighted by atomic mass is 16.6. The maximum absolute atomic E-state index is 12.8. The fourth-order valence-corrected chi connectivity index (χ4v) is 3.59. The molecule has 26 heavy (non-hydrogen) atoms. The van der Waals surface area contributed by atoms with Crippen molar-refractivity contribution in [2.45, 2.75) is 46.6 Å². The van der Waals surface area contributed by atoms with Crippen LogP contribution < -0.4 is 0 Å². The Morgan fingerprint density at radius 3 is 2.46 bits per heavy atom. The second-order valence-electron chi connectivity index (χ2n) is 7.49. The maximum Gasteiger partial charge on any atom is 0.417 e. The van der Waals surface area contributed by atoms with Gasteiger partial charge in [0.15, 0.2) is 0 Å². The number of nitro groups is 1. The van der Waals surface area contributed by atoms with Crippen molar-refractivity contribution in [2.24, 2.45) is 11.8 Å². The van der Waals surface area contributed by atoms with E-state index in [9.17, 15) is 19.7 Å². The van der Waals surface area contributed by atoms with E-state index in [1.807, 2.05) is 45.9 Å². The number of imide groups is 1. The van der Waals surface area contributed by atoms with Crippen LogP contribution in [0.3, 0.4) is 0 Å². The summed E-state index contributed by atoms with van der Waals surface area (Å²) in [4.78, 5) is 36.6. The van der Waals surface area contributed by atoms with Crippen molar-refractivity contribution in [1.29, 1.82) is 0 Å². The highest BCUT2D eigenvalue weighted by molar-refractivity contribution is 5.93. The first-order chi connectivity index (χ1) is 12.2. The predicted octanol–water partition coefficient (Wildman–Crippen LogP) is 3.65. The summed E-state index contributed by atoms with van der Waals surface area (Å²) in [7, 11) is 0. The van der Waals surface area contributed by atoms with E-state index in [0.29, 0.717) is 6.42 Å². The van der Waals surface area contributed by atoms with Crippen molar-refractivity contribution in [2.75, 3.05) is 13.2 Å². The third kappa shape index (κ3) is 5.03. The first-order valence-electron chi connectivity index (χ1n) is 8.86. The van der Waals surface area contributed by atoms with Crippen LogP contribution in [0.5, 0.6) is 0 Å². The van der Waals surface area contributed by atoms with E-state index in [4.69, 9.17) is 4.74 Å². The molecule has 0 spiro atoms. The highest BCUT2D eigenvalue weighted by Crippen LogP contribution is 2.31. The molecule has 0 aromatic heterocycles. The Morgan fingerprint density at radius 2 is 1.92 bits per heavy atom. The third-order valence-electron chi connectivity index (χ3n) is 4.45. The second kappa shape index (κ2) is 8.29. The molecule has 0 aliphatic carbocycles. The van der Waals surface area contributed by atoms with E-state index >= 15 is 0 Å². The van der Waals surface area contributed by atoms with E-state index < -0.39 is 28.9 Å². The standard InChI is InChI=1S/C19H26N2O5/c1-12(2)5-15(10-20(24)25)9-18(22)21-17(11-26-19(21)23)16-7-13(3)6-14(4)8-16/h6-8,12,15,17H,5,9-11H2,1-4H3/t15-,17-/m0/s1. The van der Waals surface area contributed by atoms with Crippen LogP contribution in [-0.4, -0.2) is 35.0 Å². The van der Waals surface area contributed by atoms with E-state index in [1.54, 1.807) is 0 Å². The molecule has 7 heteroatoms. The highest BCUT2D eigenvalue weighted by Gasteiger charge is 2.40. The number of carbonyl (C=O) groups is 2. The fourth-order valence-electron chi connectivity index (χ4n) is 3.59. The summed E-state index contributed by atoms with van der Waals surface area (Å²) in [6.45, 7) is 7.66. The summed E-state index contributed by atoms with van der Waals surface area (Å²) < 4.78 is 5.11. The smallest absolute Gasteiger partial charge is 0.417 e. The number of hydrogen-bond acceptors (Lipinski definition) is 5. The van der Waals surface area contributed by atoms with Crippen LogP contribution >= 0.6 is 0 Å². The van der Waals surface area contributed by atoms with Gasteiger partial charge >= 0.3 is 6.09 Å². The largest absolute Gasteiger partial charge is 0.446 e. The molecule has 1 heterocycles. The summed E-state index contributed by atoms with van der Waals surface area (Å²) in [6, 6.07) is 5.40. The zero-order valence-electron chi connectivity index (χ0n) is 15.7. The van der Waals surface area contributed by atoms with Crippen molar-refractivity contribution < 1.29 is 19.2 Å². The minimum Gasteiger partial charge on any atom is -0.446 e. The molecular formula is C19H26N2O5. The van der Waals surface area contributed by atoms with Gasteiger partial charge in [-0.1, -0.05) is 43.2 Å². The minimum atomic E-state index is -0.677. The molecule has 142 valence electrons. The Morgan fingerprint density at radius 1 is 1.31 bits per heavy atom. The van der Waals surface area contributed by atoms with Gasteiger partial charge in [0.05, 0.1) is 0 Å². The molecule has 0 radical (unpaired) electrons. The van der Waals surface area contributed by atoms with Gasteiger partial charge in [-0.2, -0.15) is 0 Å². The summed E-state index contributed by atoms with van der Waals surface area (Å²) in [5.41, 5.74) is 2.92. The minimum absolute atomic E-state index is 0.0322. The molecule has 1 aliphatic heterocycles. The lowest BCUT2D eigenvalue weighted by molar-refractivity contribution is -0.488. The molecule has 0 unspecified atom stereocenters. The number of rotatable bonds is 7. The Labute approximate surface area is 153 Å². The molecular weight excluding hydrogens is 336 g/mol. The number of nitrogens with zero attached hydrogens (tertiary/aromatic N) is 2. The molecule has 1 aliphatic rings. The number of carbonyl (C=O) groups excluding carboxylic acids is 2. The third-order valence-corrected chi connectivity index (χ3v) is 4.45. The maximum atomic E-state index is 12.8. The Bertz CT molecular complexity index is 681. The molecule has 2 amide bonds. The lowest BCUT2D eigenvalue weighted by Gasteiger charge is -2.23. The number of benzene rings is 1. The Kier molecular flexibility index (Phi) is 6.34. The summed E-state index contributed by atoms with van der Waals surface area (Å²) in [5, 5.41) is 10.9. The molecule has 0 saturated carbocycles. The monoisotopic (exact) mass is 362 g/mol. The van der Waals surface area contributed by atoms with Gasteiger partial charge in [-0.3, -0.25) is 14.9 Å². The van der Waals surface area contributed by atoms with Crippen LogP contribution in [0.4, 0.5) is 4.79 Å². The first-order valence-corrected chi connectivity index (χ1v) is 8.86. The van der Waals surface area contributed by atoms with Crippen LogP contribution in [0, 0.1) is 35.8 Å². The zero-order chi connectivity index (χ0) is 19.4. The normalized spacial score (nSPS) is 18.1. The quantitative estimate of drug-likeness (QED) is 0.545. The number of ether oxygens (including phenoxy) is 1. The molecule has 1 fully saturated rings. The van der Waals surface area contributed by atoms with Crippen molar-refractivity contribution >= 4 is 12.0 Å². The molecule has 1 aromatic carbocycles. The Balaban J connectivity index is 2.20. The van der Waals surface area contributed by atoms with Crippen molar-refractivity contribution in [3.05, 3.63) is 45.0 Å². The van der Waals surface area contributed by atoms with E-state index in [-0.39, 0.29) is 25.5 Å². The van der Waals surface area contributed by atoms with Crippen LogP contribution in [0.2, 0.25) is 0 Å². The number of aryl methyl sites for hydroxylation is 2. The van der Waals surface area contributed by atoms with Crippen LogP contribution in [0.15, 0.2) is 18.2 Å². The van der Waals surface area contributed by atoms with Gasteiger partial charge in [0, 0.05) is 17.3 Å². The SMILES string of the molecule is Cc1cc(C)cc([C@@H]2COC(=O)N2C(=O)C[C@H](CC(C)C)C[N+](=O)[O-])c1. The van der Waals surface area contributed by atoms with Gasteiger partial charge in [-0.05, 0) is 31.7 Å². The van der Waals surface area contributed by atoms with Crippen molar-refractivity contribution in [3.8, 4) is 0 Å². The van der Waals surface area contributed by atoms with E-state index in [2.05, 4.69) is 0 Å². The average Bonchev–Trinajstić information content (AvgIpc) is 2.86. The first kappa shape index (κ1) is 19.9. The number of hydrogen-bond donors (Lipinski definition) is 0. The summed E-state index contributed by atoms with van der Waals surface area (Å²) in [5.74, 6) is -0.580. The molecule has 2 atom stereocenters. The topological polar surface area (TPSA) is 89.8 Å². The van der Waals surface area contributed by atoms with Crippen molar-refractivity contribution in [3.63, 3.8) is 0 Å². The fraction of sp³-hybridized carbons (Fsp3) is 0.579. The second-order valence-corrected chi connectivity index (χ2v) is 7.49. The van der Waals surface area contributed by atoms with Gasteiger partial charge < -0.3 is 4.74 Å². The number of cyclic esters (lactones) is 1. The average molecular weight is 362 g/mol. The summed E-state index contributed by atoms with van der Waals surface area (Å²) in [6.07, 6.45) is -0.150. The van der Waals surface area contributed by atoms with Gasteiger partial charge in [0.2, 0.25) is 12.5 Å². The number of amides is 2. The molecule has 7 nitrogen and oxygen atoms in total. The molecule has 1 saturated heterocycles. The van der Waals surface area contributed by atoms with Gasteiger partial charge in [0.25, 0.3) is 0 Å². The zero-order valence-corrected chi connectivity index (χ0v) is 15.7. The lowest BCUT2D eigenvalue weighted by atomic mass is 9.93. The predicted molar refractivity (Wildman–Crippen MR) is 96.3 cm³/mol. The van der Waals surface area contributed by atoms with Crippen LogP contribution in [0.1, 0.15) is 49.4 Å². The molecule has 1 aromatic rings. The molecule has 0 bridgehead atoms. The summed E-state index contributed by atoms with van der Waals surface area (Å²) >= 11 is 0. The van der Waals surface area contributed by atoms with E-state index in [1.165, 1.54) is 0 Å². The lowest BCUT2D eigenvalue weighted by Crippen LogP contribution is -2.36. The van der Waals surface area contributed by atoms with E-state index in [0.717, 1.165) is 21.6 Å². The molecule has 0 N–H and O–H groups in total. The van der Waals surface area contributed by atoms with Gasteiger partial charge in [-0.25, -0.2) is 9.69 Å².